The molecule has 1 N–H and O–H groups in total. The van der Waals surface area contributed by atoms with E-state index in [1.807, 2.05) is 12.1 Å². The lowest BCUT2D eigenvalue weighted by molar-refractivity contribution is 0.354. The third kappa shape index (κ3) is 4.02. The van der Waals surface area contributed by atoms with E-state index >= 15 is 0 Å². The number of benzene rings is 1. The van der Waals surface area contributed by atoms with Crippen molar-refractivity contribution in [3.63, 3.8) is 0 Å². The molecule has 1 aliphatic rings. The molecule has 4 heteroatoms. The highest BCUT2D eigenvalue weighted by molar-refractivity contribution is 6.32. The van der Waals surface area contributed by atoms with Crippen molar-refractivity contribution < 1.29 is 9.47 Å². The van der Waals surface area contributed by atoms with E-state index in [2.05, 4.69) is 12.2 Å². The number of nitrogens with one attached hydrogen (secondary N) is 1. The SMILES string of the molecule is COc1cc(CNC(C)CC2CC2)cc(Cl)c1OC. The number of halogens is 1. The van der Waals surface area contributed by atoms with Gasteiger partial charge in [0.25, 0.3) is 0 Å². The van der Waals surface area contributed by atoms with Crippen LogP contribution in [0.4, 0.5) is 0 Å². The predicted molar refractivity (Wildman–Crippen MR) is 78.2 cm³/mol. The maximum atomic E-state index is 6.19. The van der Waals surface area contributed by atoms with Crippen LogP contribution in [0.1, 0.15) is 31.7 Å². The lowest BCUT2D eigenvalue weighted by atomic mass is 10.1. The molecule has 0 heterocycles. The Labute approximate surface area is 120 Å². The summed E-state index contributed by atoms with van der Waals surface area (Å²) in [7, 11) is 3.22. The van der Waals surface area contributed by atoms with E-state index in [1.54, 1.807) is 14.2 Å². The Morgan fingerprint density at radius 1 is 1.32 bits per heavy atom. The van der Waals surface area contributed by atoms with Gasteiger partial charge in [0.15, 0.2) is 11.5 Å². The summed E-state index contributed by atoms with van der Waals surface area (Å²) in [6.07, 6.45) is 4.06. The first-order valence-electron chi connectivity index (χ1n) is 6.77. The second-order valence-electron chi connectivity index (χ2n) is 5.27. The highest BCUT2D eigenvalue weighted by Gasteiger charge is 2.23. The van der Waals surface area contributed by atoms with Crippen molar-refractivity contribution in [3.8, 4) is 11.5 Å². The molecule has 1 aromatic rings. The molecule has 0 radical (unpaired) electrons. The van der Waals surface area contributed by atoms with Gasteiger partial charge >= 0.3 is 0 Å². The third-order valence-electron chi connectivity index (χ3n) is 3.53. The van der Waals surface area contributed by atoms with E-state index in [9.17, 15) is 0 Å². The Kier molecular flexibility index (Phi) is 4.94. The largest absolute Gasteiger partial charge is 0.493 e. The van der Waals surface area contributed by atoms with Crippen LogP contribution in [-0.4, -0.2) is 20.3 Å². The number of hydrogen-bond donors (Lipinski definition) is 1. The molecule has 106 valence electrons. The van der Waals surface area contributed by atoms with Crippen molar-refractivity contribution >= 4 is 11.6 Å². The summed E-state index contributed by atoms with van der Waals surface area (Å²) in [5.41, 5.74) is 1.12. The van der Waals surface area contributed by atoms with Gasteiger partial charge < -0.3 is 14.8 Å². The first kappa shape index (κ1) is 14.5. The van der Waals surface area contributed by atoms with E-state index in [-0.39, 0.29) is 0 Å². The molecule has 3 nitrogen and oxygen atoms in total. The summed E-state index contributed by atoms with van der Waals surface area (Å²) in [5.74, 6) is 2.22. The fraction of sp³-hybridized carbons (Fsp3) is 0.600. The highest BCUT2D eigenvalue weighted by Crippen LogP contribution is 2.36. The van der Waals surface area contributed by atoms with Gasteiger partial charge in [-0.05, 0) is 37.0 Å². The number of rotatable bonds is 7. The monoisotopic (exact) mass is 283 g/mol. The topological polar surface area (TPSA) is 30.5 Å². The standard InChI is InChI=1S/C15H22ClNO2/c1-10(6-11-4-5-11)17-9-12-7-13(16)15(19-3)14(8-12)18-2/h7-8,10-11,17H,4-6,9H2,1-3H3. The van der Waals surface area contributed by atoms with E-state index in [0.29, 0.717) is 22.6 Å². The summed E-state index contributed by atoms with van der Waals surface area (Å²) >= 11 is 6.19. The molecule has 2 rings (SSSR count). The average Bonchev–Trinajstić information content (AvgIpc) is 3.19. The summed E-state index contributed by atoms with van der Waals surface area (Å²) in [6.45, 7) is 3.04. The average molecular weight is 284 g/mol. The molecule has 0 aliphatic heterocycles. The van der Waals surface area contributed by atoms with E-state index in [1.165, 1.54) is 19.3 Å². The highest BCUT2D eigenvalue weighted by atomic mass is 35.5. The van der Waals surface area contributed by atoms with Crippen LogP contribution in [0.3, 0.4) is 0 Å². The second-order valence-corrected chi connectivity index (χ2v) is 5.68. The van der Waals surface area contributed by atoms with Crippen LogP contribution in [0.2, 0.25) is 5.02 Å². The van der Waals surface area contributed by atoms with Crippen LogP contribution in [-0.2, 0) is 6.54 Å². The molecule has 1 aliphatic carbocycles. The maximum Gasteiger partial charge on any atom is 0.179 e. The molecule has 1 atom stereocenters. The molecule has 1 fully saturated rings. The molecule has 1 saturated carbocycles. The summed E-state index contributed by atoms with van der Waals surface area (Å²) in [4.78, 5) is 0. The molecule has 0 spiro atoms. The fourth-order valence-electron chi connectivity index (χ4n) is 2.30. The molecule has 1 aromatic carbocycles. The van der Waals surface area contributed by atoms with Crippen LogP contribution in [0.5, 0.6) is 11.5 Å². The number of methoxy groups -OCH3 is 2. The van der Waals surface area contributed by atoms with Crippen molar-refractivity contribution in [1.29, 1.82) is 0 Å². The summed E-state index contributed by atoms with van der Waals surface area (Å²) in [6, 6.07) is 4.45. The minimum Gasteiger partial charge on any atom is -0.493 e. The van der Waals surface area contributed by atoms with Crippen LogP contribution < -0.4 is 14.8 Å². The molecule has 0 bridgehead atoms. The Morgan fingerprint density at radius 2 is 2.05 bits per heavy atom. The van der Waals surface area contributed by atoms with Crippen molar-refractivity contribution in [3.05, 3.63) is 22.7 Å². The zero-order chi connectivity index (χ0) is 13.8. The lowest BCUT2D eigenvalue weighted by Crippen LogP contribution is -2.25. The first-order valence-corrected chi connectivity index (χ1v) is 7.15. The Bertz CT molecular complexity index is 432. The van der Waals surface area contributed by atoms with Crippen molar-refractivity contribution in [2.24, 2.45) is 5.92 Å². The van der Waals surface area contributed by atoms with Gasteiger partial charge in [-0.1, -0.05) is 24.4 Å². The van der Waals surface area contributed by atoms with Crippen molar-refractivity contribution in [2.45, 2.75) is 38.8 Å². The van der Waals surface area contributed by atoms with E-state index in [0.717, 1.165) is 18.0 Å². The molecule has 1 unspecified atom stereocenters. The normalized spacial score (nSPS) is 16.2. The number of ether oxygens (including phenoxy) is 2. The van der Waals surface area contributed by atoms with E-state index < -0.39 is 0 Å². The van der Waals surface area contributed by atoms with Gasteiger partial charge in [-0.3, -0.25) is 0 Å². The zero-order valence-corrected chi connectivity index (χ0v) is 12.6. The van der Waals surface area contributed by atoms with Crippen molar-refractivity contribution in [1.82, 2.24) is 5.32 Å². The quantitative estimate of drug-likeness (QED) is 0.829. The molecule has 0 saturated heterocycles. The lowest BCUT2D eigenvalue weighted by Gasteiger charge is -2.15. The number of hydrogen-bond acceptors (Lipinski definition) is 3. The molecule has 0 amide bonds. The van der Waals surface area contributed by atoms with Crippen LogP contribution in [0.15, 0.2) is 12.1 Å². The minimum atomic E-state index is 0.541. The maximum absolute atomic E-state index is 6.19. The Morgan fingerprint density at radius 3 is 2.63 bits per heavy atom. The van der Waals surface area contributed by atoms with Crippen LogP contribution >= 0.6 is 11.6 Å². The van der Waals surface area contributed by atoms with Gasteiger partial charge in [-0.15, -0.1) is 0 Å². The van der Waals surface area contributed by atoms with Gasteiger partial charge in [0.2, 0.25) is 0 Å². The Balaban J connectivity index is 1.97. The van der Waals surface area contributed by atoms with Crippen LogP contribution in [0.25, 0.3) is 0 Å². The molecule has 0 aromatic heterocycles. The first-order chi connectivity index (χ1) is 9.13. The fourth-order valence-corrected chi connectivity index (χ4v) is 2.61. The van der Waals surface area contributed by atoms with Crippen molar-refractivity contribution in [2.75, 3.05) is 14.2 Å². The second kappa shape index (κ2) is 6.49. The van der Waals surface area contributed by atoms with Gasteiger partial charge in [-0.2, -0.15) is 0 Å². The van der Waals surface area contributed by atoms with Gasteiger partial charge in [-0.25, -0.2) is 0 Å². The Hall–Kier alpha value is -0.930. The zero-order valence-electron chi connectivity index (χ0n) is 11.8. The summed E-state index contributed by atoms with van der Waals surface area (Å²) < 4.78 is 10.5. The van der Waals surface area contributed by atoms with Crippen LogP contribution in [0, 0.1) is 5.92 Å². The third-order valence-corrected chi connectivity index (χ3v) is 3.81. The molecule has 19 heavy (non-hydrogen) atoms. The molecular formula is C15H22ClNO2. The smallest absolute Gasteiger partial charge is 0.179 e. The molecular weight excluding hydrogens is 262 g/mol. The van der Waals surface area contributed by atoms with Gasteiger partial charge in [0.05, 0.1) is 19.2 Å². The summed E-state index contributed by atoms with van der Waals surface area (Å²) in [5, 5.41) is 4.12. The minimum absolute atomic E-state index is 0.541. The predicted octanol–water partition coefficient (Wildman–Crippen LogP) is 3.64. The van der Waals surface area contributed by atoms with Gasteiger partial charge in [0.1, 0.15) is 0 Å². The van der Waals surface area contributed by atoms with Gasteiger partial charge in [0, 0.05) is 12.6 Å². The van der Waals surface area contributed by atoms with E-state index in [4.69, 9.17) is 21.1 Å².